The minimum absolute atomic E-state index is 0.134. The zero-order valence-electron chi connectivity index (χ0n) is 14.1. The lowest BCUT2D eigenvalue weighted by molar-refractivity contribution is 0.995. The third-order valence-corrected chi connectivity index (χ3v) is 7.70. The van der Waals surface area contributed by atoms with Crippen LogP contribution in [0.15, 0.2) is 30.3 Å². The molecule has 2 aromatic carbocycles. The molecule has 0 atom stereocenters. The van der Waals surface area contributed by atoms with Gasteiger partial charge >= 0.3 is 0 Å². The van der Waals surface area contributed by atoms with Crippen LogP contribution in [0.1, 0.15) is 0 Å². The molecule has 0 saturated carbocycles. The number of aromatic nitrogens is 4. The fourth-order valence-corrected chi connectivity index (χ4v) is 6.19. The minimum Gasteiger partial charge on any atom is -0.283 e. The Morgan fingerprint density at radius 2 is 1.34 bits per heavy atom. The first-order valence-corrected chi connectivity index (χ1v) is 11.0. The molecule has 6 aromatic rings. The van der Waals surface area contributed by atoms with Crippen LogP contribution in [0.2, 0.25) is 15.1 Å². The normalized spacial score (nSPS) is 12.2. The summed E-state index contributed by atoms with van der Waals surface area (Å²) in [6.45, 7) is 0. The van der Waals surface area contributed by atoms with Crippen LogP contribution >= 0.6 is 57.5 Å². The van der Waals surface area contributed by atoms with E-state index in [9.17, 15) is 0 Å². The van der Waals surface area contributed by atoms with Crippen molar-refractivity contribution in [3.8, 4) is 0 Å². The Balaban J connectivity index is 1.86. The summed E-state index contributed by atoms with van der Waals surface area (Å²) in [5.74, 6) is 0. The van der Waals surface area contributed by atoms with Crippen molar-refractivity contribution in [2.75, 3.05) is 0 Å². The second-order valence-electron chi connectivity index (χ2n) is 6.41. The summed E-state index contributed by atoms with van der Waals surface area (Å²) in [5.41, 5.74) is 2.20. The van der Waals surface area contributed by atoms with E-state index in [0.717, 1.165) is 20.4 Å². The van der Waals surface area contributed by atoms with Gasteiger partial charge in [0.25, 0.3) is 0 Å². The van der Waals surface area contributed by atoms with Crippen LogP contribution in [-0.4, -0.2) is 18.8 Å². The molecule has 0 unspecified atom stereocenters. The highest BCUT2D eigenvalue weighted by molar-refractivity contribution is 7.24. The minimum atomic E-state index is 0.134. The molecule has 0 bridgehead atoms. The van der Waals surface area contributed by atoms with Gasteiger partial charge in [-0.1, -0.05) is 57.5 Å². The molecule has 0 radical (unpaired) electrons. The molecule has 6 rings (SSSR count). The van der Waals surface area contributed by atoms with Crippen LogP contribution < -0.4 is 11.0 Å². The molecule has 0 aliphatic heterocycles. The molecule has 0 aliphatic carbocycles. The van der Waals surface area contributed by atoms with E-state index in [2.05, 4.69) is 9.97 Å². The molecule has 0 saturated heterocycles. The van der Waals surface area contributed by atoms with E-state index in [1.807, 2.05) is 12.1 Å². The van der Waals surface area contributed by atoms with Gasteiger partial charge in [-0.05, 0) is 30.3 Å². The molecule has 11 heteroatoms. The first-order chi connectivity index (χ1) is 13.9. The Morgan fingerprint density at radius 1 is 0.759 bits per heavy atom. The van der Waals surface area contributed by atoms with Crippen molar-refractivity contribution < 1.29 is 0 Å². The van der Waals surface area contributed by atoms with Crippen molar-refractivity contribution in [1.82, 2.24) is 18.8 Å². The van der Waals surface area contributed by atoms with Crippen molar-refractivity contribution in [2.24, 2.45) is 0 Å². The number of rotatable bonds is 0. The van der Waals surface area contributed by atoms with Gasteiger partial charge in [0.1, 0.15) is 16.4 Å². The summed E-state index contributed by atoms with van der Waals surface area (Å²) >= 11 is 21.3. The summed E-state index contributed by atoms with van der Waals surface area (Å²) in [7, 11) is 0. The van der Waals surface area contributed by atoms with Crippen LogP contribution in [0.25, 0.3) is 41.4 Å². The molecule has 4 heterocycles. The predicted octanol–water partition coefficient (Wildman–Crippen LogP) is 5.48. The molecular weight excluding hydrogens is 471 g/mol. The Labute approximate surface area is 184 Å². The topological polar surface area (TPSA) is 82.3 Å². The van der Waals surface area contributed by atoms with Crippen LogP contribution in [0.5, 0.6) is 0 Å². The molecule has 6 nitrogen and oxygen atoms in total. The molecule has 0 fully saturated rings. The highest BCUT2D eigenvalue weighted by atomic mass is 35.5. The Hall–Kier alpha value is -2.23. The zero-order valence-corrected chi connectivity index (χ0v) is 18.0. The maximum atomic E-state index is 8.83. The summed E-state index contributed by atoms with van der Waals surface area (Å²) in [6.07, 6.45) is 0. The number of thiazole rings is 2. The summed E-state index contributed by atoms with van der Waals surface area (Å²) < 4.78 is 5.18. The average Bonchev–Trinajstić information content (AvgIpc) is 3.19. The molecule has 0 aliphatic rings. The van der Waals surface area contributed by atoms with Crippen LogP contribution in [0.4, 0.5) is 0 Å². The van der Waals surface area contributed by atoms with Crippen LogP contribution in [0.3, 0.4) is 0 Å². The highest BCUT2D eigenvalue weighted by Gasteiger charge is 2.17. The van der Waals surface area contributed by atoms with Crippen molar-refractivity contribution in [2.45, 2.75) is 0 Å². The molecule has 2 N–H and O–H groups in total. The first kappa shape index (κ1) is 17.6. The number of hydrogen-bond donors (Lipinski definition) is 2. The second kappa shape index (κ2) is 5.90. The van der Waals surface area contributed by atoms with Crippen molar-refractivity contribution >= 4 is 98.9 Å². The molecule has 0 amide bonds. The van der Waals surface area contributed by atoms with Crippen LogP contribution in [-0.2, 0) is 0 Å². The van der Waals surface area contributed by atoms with E-state index < -0.39 is 0 Å². The van der Waals surface area contributed by atoms with Gasteiger partial charge in [0.05, 0.1) is 30.5 Å². The van der Waals surface area contributed by atoms with Gasteiger partial charge in [-0.15, -0.1) is 0 Å². The van der Waals surface area contributed by atoms with E-state index in [1.54, 1.807) is 27.0 Å². The number of nitrogens with one attached hydrogen (secondary N) is 2. The number of halogens is 3. The lowest BCUT2D eigenvalue weighted by Gasteiger charge is -2.04. The van der Waals surface area contributed by atoms with Gasteiger partial charge < -0.3 is 0 Å². The number of benzene rings is 2. The van der Waals surface area contributed by atoms with Gasteiger partial charge in [-0.25, -0.2) is 0 Å². The van der Waals surface area contributed by atoms with Gasteiger partial charge in [0, 0.05) is 5.02 Å². The maximum Gasteiger partial charge on any atom is 0.198 e. The monoisotopic (exact) mass is 476 g/mol. The van der Waals surface area contributed by atoms with Gasteiger partial charge in [-0.2, -0.15) is 9.97 Å². The van der Waals surface area contributed by atoms with Gasteiger partial charge in [0.15, 0.2) is 15.6 Å². The van der Waals surface area contributed by atoms with E-state index in [4.69, 9.17) is 45.6 Å². The number of nitrogens with zero attached hydrogens (tertiary/aromatic N) is 4. The van der Waals surface area contributed by atoms with Crippen molar-refractivity contribution in [3.63, 3.8) is 0 Å². The quantitative estimate of drug-likeness (QED) is 0.303. The van der Waals surface area contributed by atoms with Crippen LogP contribution in [0, 0.1) is 10.8 Å². The maximum absolute atomic E-state index is 8.83. The van der Waals surface area contributed by atoms with E-state index >= 15 is 0 Å². The number of hydrogen-bond acceptors (Lipinski definition) is 6. The fraction of sp³-hybridized carbons (Fsp3) is 0. The van der Waals surface area contributed by atoms with E-state index in [0.29, 0.717) is 36.0 Å². The average molecular weight is 478 g/mol. The van der Waals surface area contributed by atoms with Crippen molar-refractivity contribution in [3.05, 3.63) is 56.4 Å². The lowest BCUT2D eigenvalue weighted by Crippen LogP contribution is -2.25. The summed E-state index contributed by atoms with van der Waals surface area (Å²) in [5, 5.41) is 19.5. The predicted molar refractivity (Wildman–Crippen MR) is 119 cm³/mol. The summed E-state index contributed by atoms with van der Waals surface area (Å²) in [6, 6.07) is 8.98. The molecular formula is C18H7Cl3N6S2. The third kappa shape index (κ3) is 2.35. The van der Waals surface area contributed by atoms with E-state index in [1.165, 1.54) is 22.7 Å². The smallest absolute Gasteiger partial charge is 0.198 e. The number of fused-ring (bicyclic) bond motifs is 7. The Kier molecular flexibility index (Phi) is 3.58. The molecule has 4 aromatic heterocycles. The first-order valence-electron chi connectivity index (χ1n) is 8.26. The lowest BCUT2D eigenvalue weighted by atomic mass is 10.3. The Bertz CT molecular complexity index is 1790. The van der Waals surface area contributed by atoms with E-state index in [-0.39, 0.29) is 11.0 Å². The fourth-order valence-electron chi connectivity index (χ4n) is 3.47. The Morgan fingerprint density at radius 3 is 2.03 bits per heavy atom. The molecule has 142 valence electrons. The molecule has 29 heavy (non-hydrogen) atoms. The SMILES string of the molecule is N=c1c2c(=N)n3c(nc2nc2sc4cc(Cl)ccc4n12)sc1cc(Cl)c(Cl)cc13. The van der Waals surface area contributed by atoms with Crippen molar-refractivity contribution in [1.29, 1.82) is 10.8 Å². The summed E-state index contributed by atoms with van der Waals surface area (Å²) in [4.78, 5) is 10.5. The standard InChI is InChI=1S/C18H7Cl3N6S2/c19-6-1-2-9-11(3-6)28-17-24-16-13(14(22)26(9)17)15(23)27-10-4-7(20)8(21)5-12(10)29-18(27)25-16/h1-5,22-23H. The second-order valence-corrected chi connectivity index (χ2v) is 9.67. The highest BCUT2D eigenvalue weighted by Crippen LogP contribution is 2.33. The zero-order chi connectivity index (χ0) is 20.0. The third-order valence-electron chi connectivity index (χ3n) is 4.74. The molecule has 0 spiro atoms. The van der Waals surface area contributed by atoms with Gasteiger partial charge in [0.2, 0.25) is 0 Å². The van der Waals surface area contributed by atoms with Gasteiger partial charge in [-0.3, -0.25) is 19.6 Å². The largest absolute Gasteiger partial charge is 0.283 e.